The van der Waals surface area contributed by atoms with Gasteiger partial charge in [0.25, 0.3) is 11.1 Å². The van der Waals surface area contributed by atoms with Crippen molar-refractivity contribution in [2.24, 2.45) is 18.9 Å². The van der Waals surface area contributed by atoms with Gasteiger partial charge in [-0.05, 0) is 86.3 Å². The molecule has 0 saturated heterocycles. The van der Waals surface area contributed by atoms with Crippen LogP contribution in [-0.4, -0.2) is 74.9 Å². The summed E-state index contributed by atoms with van der Waals surface area (Å²) in [5.74, 6) is 3.13. The maximum atomic E-state index is 13.4. The van der Waals surface area contributed by atoms with Crippen LogP contribution in [0.25, 0.3) is 22.3 Å². The summed E-state index contributed by atoms with van der Waals surface area (Å²) in [6.45, 7) is 12.1. The van der Waals surface area contributed by atoms with E-state index in [1.54, 1.807) is 30.3 Å². The first-order valence-corrected chi connectivity index (χ1v) is 22.6. The van der Waals surface area contributed by atoms with Gasteiger partial charge in [-0.15, -0.1) is 0 Å². The lowest BCUT2D eigenvalue weighted by Gasteiger charge is -2.18. The molecule has 0 spiro atoms. The van der Waals surface area contributed by atoms with Crippen molar-refractivity contribution in [2.45, 2.75) is 130 Å². The molecule has 0 bridgehead atoms. The number of benzene rings is 2. The number of imidazole rings is 2. The van der Waals surface area contributed by atoms with Crippen molar-refractivity contribution in [3.8, 4) is 11.5 Å². The van der Waals surface area contributed by atoms with E-state index in [9.17, 15) is 24.3 Å². The van der Waals surface area contributed by atoms with Gasteiger partial charge in [0, 0.05) is 32.7 Å². The Hall–Kier alpha value is -6.10. The summed E-state index contributed by atoms with van der Waals surface area (Å²) in [6, 6.07) is 15.6. The minimum absolute atomic E-state index is 0.143. The zero-order valence-electron chi connectivity index (χ0n) is 38.5. The quantitative estimate of drug-likeness (QED) is 0.120. The topological polar surface area (TPSA) is 186 Å². The second-order valence-electron chi connectivity index (χ2n) is 17.9. The monoisotopic (exact) mass is 880 g/mol. The highest BCUT2D eigenvalue weighted by atomic mass is 16.5. The van der Waals surface area contributed by atoms with Crippen LogP contribution in [0.2, 0.25) is 0 Å². The third-order valence-corrected chi connectivity index (χ3v) is 12.2. The first-order chi connectivity index (χ1) is 30.7. The zero-order chi connectivity index (χ0) is 45.8. The Morgan fingerprint density at radius 1 is 0.641 bits per heavy atom. The molecule has 2 aliphatic rings. The summed E-state index contributed by atoms with van der Waals surface area (Å²) in [5, 5.41) is 17.3. The molecule has 2 fully saturated rings. The Kier molecular flexibility index (Phi) is 14.2. The second kappa shape index (κ2) is 19.7. The lowest BCUT2D eigenvalue weighted by Crippen LogP contribution is -2.40. The first-order valence-electron chi connectivity index (χ1n) is 22.6. The van der Waals surface area contributed by atoms with Gasteiger partial charge in [0.1, 0.15) is 11.5 Å². The molecule has 0 radical (unpaired) electrons. The van der Waals surface area contributed by atoms with E-state index < -0.39 is 6.10 Å². The van der Waals surface area contributed by atoms with Crippen molar-refractivity contribution in [1.82, 2.24) is 37.4 Å². The van der Waals surface area contributed by atoms with Gasteiger partial charge in [-0.25, -0.2) is 9.59 Å². The van der Waals surface area contributed by atoms with E-state index in [1.165, 1.54) is 29.0 Å². The maximum absolute atomic E-state index is 13.4. The number of aliphatic hydroxyl groups is 1. The molecule has 17 heteroatoms. The second-order valence-corrected chi connectivity index (χ2v) is 17.9. The summed E-state index contributed by atoms with van der Waals surface area (Å²) in [4.78, 5) is 62.2. The highest BCUT2D eigenvalue weighted by Gasteiger charge is 2.29. The number of aromatic nitrogens is 8. The molecular weight excluding hydrogens is 817 g/mol. The average molecular weight is 881 g/mol. The molecule has 3 N–H and O–H groups in total. The smallest absolute Gasteiger partial charge is 0.332 e. The minimum atomic E-state index is -0.468. The Morgan fingerprint density at radius 3 is 1.58 bits per heavy atom. The van der Waals surface area contributed by atoms with Gasteiger partial charge in [0.2, 0.25) is 11.9 Å². The number of anilines is 2. The van der Waals surface area contributed by atoms with Crippen LogP contribution in [0.15, 0.2) is 67.7 Å². The third kappa shape index (κ3) is 9.54. The molecule has 2 unspecified atom stereocenters. The molecule has 2 saturated carbocycles. The number of rotatable bonds is 15. The summed E-state index contributed by atoms with van der Waals surface area (Å²) in [6.07, 6.45) is 6.57. The average Bonchev–Trinajstić information content (AvgIpc) is 4.09. The van der Waals surface area contributed by atoms with E-state index in [2.05, 4.69) is 24.5 Å². The maximum Gasteiger partial charge on any atom is 0.332 e. The molecule has 0 aliphatic heterocycles. The molecule has 2 atom stereocenters. The van der Waals surface area contributed by atoms with Crippen LogP contribution in [0.3, 0.4) is 0 Å². The fraction of sp³-hybridized carbons (Fsp3) is 0.532. The van der Waals surface area contributed by atoms with Crippen molar-refractivity contribution >= 4 is 34.2 Å². The van der Waals surface area contributed by atoms with Crippen LogP contribution < -0.4 is 42.6 Å². The highest BCUT2D eigenvalue weighted by molar-refractivity contribution is 5.75. The summed E-state index contributed by atoms with van der Waals surface area (Å²) >= 11 is 0. The standard InChI is InChI=1S/C24H33N5O4.C23H31N5O3/c1-5-27-22(31)20-21(29(24(27)32)13-15(2)3)26-23(25-18-7-6-8-19(18)30)28(20)14-16-9-11-17(33-4)12-10-16;1-15(2)13-28-20-19(21(29)26(3)23(28)30)27(14-16-9-11-18(31-4)12-10-16)22(25-20)24-17-7-5-6-8-17/h9-12,15,18-19,30H,5-8,13-14H2,1-4H3,(H,25,26);9-12,15,17H,5-8,13-14H2,1-4H3,(H,24,25). The summed E-state index contributed by atoms with van der Waals surface area (Å²) in [7, 11) is 4.80. The number of hydrogen-bond donors (Lipinski definition) is 3. The van der Waals surface area contributed by atoms with Crippen LogP contribution >= 0.6 is 0 Å². The van der Waals surface area contributed by atoms with E-state index in [0.29, 0.717) is 66.4 Å². The van der Waals surface area contributed by atoms with Crippen LogP contribution in [0.5, 0.6) is 11.5 Å². The van der Waals surface area contributed by atoms with E-state index >= 15 is 0 Å². The van der Waals surface area contributed by atoms with Crippen LogP contribution in [-0.2, 0) is 39.8 Å². The van der Waals surface area contributed by atoms with Crippen LogP contribution in [0.4, 0.5) is 11.9 Å². The molecule has 2 aromatic carbocycles. The van der Waals surface area contributed by atoms with Gasteiger partial charge in [0.15, 0.2) is 22.3 Å². The molecule has 0 amide bonds. The number of nitrogens with one attached hydrogen (secondary N) is 2. The molecule has 4 aromatic heterocycles. The molecular formula is C47H64N10O7. The van der Waals surface area contributed by atoms with E-state index in [-0.39, 0.29) is 46.9 Å². The van der Waals surface area contributed by atoms with Crippen LogP contribution in [0, 0.1) is 11.8 Å². The Labute approximate surface area is 372 Å². The van der Waals surface area contributed by atoms with Crippen LogP contribution in [0.1, 0.15) is 90.7 Å². The van der Waals surface area contributed by atoms with Crippen molar-refractivity contribution in [3.05, 3.63) is 101 Å². The number of ether oxygens (including phenoxy) is 2. The van der Waals surface area contributed by atoms with Gasteiger partial charge in [-0.2, -0.15) is 9.97 Å². The minimum Gasteiger partial charge on any atom is -0.497 e. The predicted molar refractivity (Wildman–Crippen MR) is 250 cm³/mol. The van der Waals surface area contributed by atoms with Gasteiger partial charge < -0.3 is 25.2 Å². The SMILES string of the molecule is CCn1c(=O)c2c(nc(NC3CCCC3O)n2Cc2ccc(OC)cc2)n(CC(C)C)c1=O.COc1ccc(Cn2c(NC3CCCC3)nc3c2c(=O)n(C)c(=O)n3CC(C)C)cc1. The Balaban J connectivity index is 0.000000192. The van der Waals surface area contributed by atoms with Gasteiger partial charge in [0.05, 0.1) is 39.5 Å². The van der Waals surface area contributed by atoms with E-state index in [1.807, 2.05) is 71.5 Å². The predicted octanol–water partition coefficient (Wildman–Crippen LogP) is 5.38. The number of methoxy groups -OCH3 is 2. The molecule has 344 valence electrons. The number of fused-ring (bicyclic) bond motifs is 2. The number of aliphatic hydroxyl groups excluding tert-OH is 1. The molecule has 4 heterocycles. The summed E-state index contributed by atoms with van der Waals surface area (Å²) in [5.41, 5.74) is 2.34. The molecule has 17 nitrogen and oxygen atoms in total. The largest absolute Gasteiger partial charge is 0.497 e. The normalized spacial score (nSPS) is 16.5. The molecule has 64 heavy (non-hydrogen) atoms. The fourth-order valence-corrected chi connectivity index (χ4v) is 8.87. The Bertz CT molecular complexity index is 2810. The number of nitrogens with zero attached hydrogens (tertiary/aromatic N) is 8. The Morgan fingerprint density at radius 2 is 1.12 bits per heavy atom. The number of hydrogen-bond acceptors (Lipinski definition) is 11. The van der Waals surface area contributed by atoms with Crippen molar-refractivity contribution in [3.63, 3.8) is 0 Å². The third-order valence-electron chi connectivity index (χ3n) is 12.2. The first kappa shape index (κ1) is 45.9. The van der Waals surface area contributed by atoms with Gasteiger partial charge in [-0.1, -0.05) is 64.8 Å². The van der Waals surface area contributed by atoms with Crippen molar-refractivity contribution in [1.29, 1.82) is 0 Å². The van der Waals surface area contributed by atoms with Gasteiger partial charge in [-0.3, -0.25) is 37.0 Å². The highest BCUT2D eigenvalue weighted by Crippen LogP contribution is 2.28. The lowest BCUT2D eigenvalue weighted by atomic mass is 10.2. The zero-order valence-corrected chi connectivity index (χ0v) is 38.5. The fourth-order valence-electron chi connectivity index (χ4n) is 8.87. The van der Waals surface area contributed by atoms with Crippen molar-refractivity contribution in [2.75, 3.05) is 24.9 Å². The molecule has 8 rings (SSSR count). The molecule has 6 aromatic rings. The summed E-state index contributed by atoms with van der Waals surface area (Å²) < 4.78 is 20.0. The lowest BCUT2D eigenvalue weighted by molar-refractivity contribution is 0.171. The van der Waals surface area contributed by atoms with E-state index in [4.69, 9.17) is 19.4 Å². The van der Waals surface area contributed by atoms with Gasteiger partial charge >= 0.3 is 11.4 Å². The molecule has 2 aliphatic carbocycles. The van der Waals surface area contributed by atoms with Crippen molar-refractivity contribution < 1.29 is 14.6 Å². The van der Waals surface area contributed by atoms with E-state index in [0.717, 1.165) is 54.7 Å².